The van der Waals surface area contributed by atoms with Gasteiger partial charge in [-0.15, -0.1) is 0 Å². The minimum Gasteiger partial charge on any atom is -0.483 e. The molecule has 1 amide bonds. The zero-order valence-electron chi connectivity index (χ0n) is 16.2. The number of hydrogen-bond donors (Lipinski definition) is 0. The molecule has 0 aromatic heterocycles. The highest BCUT2D eigenvalue weighted by molar-refractivity contribution is 5.78. The molecule has 0 radical (unpaired) electrons. The lowest BCUT2D eigenvalue weighted by Gasteiger charge is -2.23. The van der Waals surface area contributed by atoms with Crippen molar-refractivity contribution in [3.05, 3.63) is 65.2 Å². The molecule has 27 heavy (non-hydrogen) atoms. The fourth-order valence-electron chi connectivity index (χ4n) is 2.69. The van der Waals surface area contributed by atoms with Gasteiger partial charge >= 0.3 is 5.97 Å². The zero-order chi connectivity index (χ0) is 19.6. The first-order chi connectivity index (χ1) is 13.0. The maximum Gasteiger partial charge on any atom is 0.307 e. The van der Waals surface area contributed by atoms with Gasteiger partial charge in [0.25, 0.3) is 5.91 Å². The molecule has 0 spiro atoms. The SMILES string of the molecule is COC(=O)CCN(CCc1ccccc1)C(=O)COc1cc(C)ccc1C. The summed E-state index contributed by atoms with van der Waals surface area (Å²) in [6.45, 7) is 4.71. The van der Waals surface area contributed by atoms with Gasteiger partial charge in [-0.05, 0) is 43.0 Å². The van der Waals surface area contributed by atoms with E-state index in [-0.39, 0.29) is 24.9 Å². The number of carbonyl (C=O) groups excluding carboxylic acids is 2. The van der Waals surface area contributed by atoms with E-state index in [0.717, 1.165) is 23.1 Å². The number of amides is 1. The van der Waals surface area contributed by atoms with E-state index in [1.54, 1.807) is 4.90 Å². The number of benzene rings is 2. The summed E-state index contributed by atoms with van der Waals surface area (Å²) in [5.74, 6) is 0.234. The van der Waals surface area contributed by atoms with Gasteiger partial charge in [0.15, 0.2) is 6.61 Å². The number of ether oxygens (including phenoxy) is 2. The summed E-state index contributed by atoms with van der Waals surface area (Å²) in [7, 11) is 1.35. The summed E-state index contributed by atoms with van der Waals surface area (Å²) in [6, 6.07) is 15.9. The van der Waals surface area contributed by atoms with Crippen molar-refractivity contribution in [2.75, 3.05) is 26.8 Å². The largest absolute Gasteiger partial charge is 0.483 e. The van der Waals surface area contributed by atoms with Crippen LogP contribution in [0.1, 0.15) is 23.1 Å². The standard InChI is InChI=1S/C22H27NO4/c1-17-9-10-18(2)20(15-17)27-16-21(24)23(14-12-22(25)26-3)13-11-19-7-5-4-6-8-19/h4-10,15H,11-14,16H2,1-3H3. The van der Waals surface area contributed by atoms with Crippen molar-refractivity contribution in [3.63, 3.8) is 0 Å². The van der Waals surface area contributed by atoms with E-state index in [4.69, 9.17) is 9.47 Å². The first-order valence-corrected chi connectivity index (χ1v) is 9.08. The van der Waals surface area contributed by atoms with Crippen molar-refractivity contribution in [1.82, 2.24) is 4.90 Å². The van der Waals surface area contributed by atoms with Crippen LogP contribution in [0.25, 0.3) is 0 Å². The third-order valence-electron chi connectivity index (χ3n) is 4.37. The molecule has 0 atom stereocenters. The van der Waals surface area contributed by atoms with Gasteiger partial charge in [0.2, 0.25) is 0 Å². The molecule has 0 saturated heterocycles. The van der Waals surface area contributed by atoms with Crippen molar-refractivity contribution in [1.29, 1.82) is 0 Å². The summed E-state index contributed by atoms with van der Waals surface area (Å²) in [5, 5.41) is 0. The summed E-state index contributed by atoms with van der Waals surface area (Å²) in [5.41, 5.74) is 3.21. The molecular formula is C22H27NO4. The Morgan fingerprint density at radius 3 is 2.44 bits per heavy atom. The Morgan fingerprint density at radius 2 is 1.74 bits per heavy atom. The Labute approximate surface area is 160 Å². The number of aryl methyl sites for hydroxylation is 2. The second-order valence-electron chi connectivity index (χ2n) is 6.50. The highest BCUT2D eigenvalue weighted by Gasteiger charge is 2.16. The molecule has 0 aliphatic heterocycles. The maximum atomic E-state index is 12.7. The molecule has 0 heterocycles. The normalized spacial score (nSPS) is 10.3. The van der Waals surface area contributed by atoms with E-state index >= 15 is 0 Å². The van der Waals surface area contributed by atoms with Gasteiger partial charge in [-0.2, -0.15) is 0 Å². The molecule has 0 fully saturated rings. The van der Waals surface area contributed by atoms with Gasteiger partial charge in [0.1, 0.15) is 5.75 Å². The van der Waals surface area contributed by atoms with Crippen molar-refractivity contribution < 1.29 is 19.1 Å². The van der Waals surface area contributed by atoms with E-state index in [0.29, 0.717) is 18.8 Å². The monoisotopic (exact) mass is 369 g/mol. The zero-order valence-corrected chi connectivity index (χ0v) is 16.2. The molecule has 0 unspecified atom stereocenters. The third kappa shape index (κ3) is 6.77. The van der Waals surface area contributed by atoms with Crippen LogP contribution in [0.15, 0.2) is 48.5 Å². The lowest BCUT2D eigenvalue weighted by atomic mass is 10.1. The number of rotatable bonds is 9. The number of nitrogens with zero attached hydrogens (tertiary/aromatic N) is 1. The minimum absolute atomic E-state index is 0.0553. The van der Waals surface area contributed by atoms with Gasteiger partial charge < -0.3 is 14.4 Å². The van der Waals surface area contributed by atoms with E-state index in [1.165, 1.54) is 7.11 Å². The molecule has 5 heteroatoms. The highest BCUT2D eigenvalue weighted by Crippen LogP contribution is 2.19. The van der Waals surface area contributed by atoms with E-state index in [2.05, 4.69) is 0 Å². The third-order valence-corrected chi connectivity index (χ3v) is 4.37. The van der Waals surface area contributed by atoms with Crippen LogP contribution < -0.4 is 4.74 Å². The first-order valence-electron chi connectivity index (χ1n) is 9.08. The van der Waals surface area contributed by atoms with Crippen LogP contribution in [0.3, 0.4) is 0 Å². The average molecular weight is 369 g/mol. The fourth-order valence-corrected chi connectivity index (χ4v) is 2.69. The Morgan fingerprint density at radius 1 is 1.00 bits per heavy atom. The van der Waals surface area contributed by atoms with Crippen LogP contribution in [0.2, 0.25) is 0 Å². The van der Waals surface area contributed by atoms with Gasteiger partial charge in [0.05, 0.1) is 13.5 Å². The molecular weight excluding hydrogens is 342 g/mol. The van der Waals surface area contributed by atoms with E-state index < -0.39 is 0 Å². The topological polar surface area (TPSA) is 55.8 Å². The Kier molecular flexibility index (Phi) is 7.86. The molecule has 144 valence electrons. The molecule has 0 N–H and O–H groups in total. The second kappa shape index (κ2) is 10.4. The summed E-state index contributed by atoms with van der Waals surface area (Å²) in [6.07, 6.45) is 0.887. The number of hydrogen-bond acceptors (Lipinski definition) is 4. The maximum absolute atomic E-state index is 12.7. The predicted molar refractivity (Wildman–Crippen MR) is 105 cm³/mol. The first kappa shape index (κ1) is 20.5. The second-order valence-corrected chi connectivity index (χ2v) is 6.50. The quantitative estimate of drug-likeness (QED) is 0.636. The number of esters is 1. The van der Waals surface area contributed by atoms with Crippen molar-refractivity contribution in [2.45, 2.75) is 26.7 Å². The molecule has 0 saturated carbocycles. The molecule has 2 aromatic rings. The molecule has 0 bridgehead atoms. The smallest absolute Gasteiger partial charge is 0.307 e. The minimum atomic E-state index is -0.331. The molecule has 0 aliphatic carbocycles. The lowest BCUT2D eigenvalue weighted by Crippen LogP contribution is -2.38. The Hall–Kier alpha value is -2.82. The summed E-state index contributed by atoms with van der Waals surface area (Å²) < 4.78 is 10.4. The van der Waals surface area contributed by atoms with Crippen LogP contribution in [0.5, 0.6) is 5.75 Å². The molecule has 0 aliphatic rings. The average Bonchev–Trinajstić information content (AvgIpc) is 2.69. The molecule has 2 rings (SSSR count). The fraction of sp³-hybridized carbons (Fsp3) is 0.364. The van der Waals surface area contributed by atoms with E-state index in [1.807, 2.05) is 62.4 Å². The van der Waals surface area contributed by atoms with Gasteiger partial charge in [-0.25, -0.2) is 0 Å². The van der Waals surface area contributed by atoms with Crippen molar-refractivity contribution >= 4 is 11.9 Å². The van der Waals surface area contributed by atoms with Gasteiger partial charge in [-0.3, -0.25) is 9.59 Å². The van der Waals surface area contributed by atoms with E-state index in [9.17, 15) is 9.59 Å². The molecule has 5 nitrogen and oxygen atoms in total. The van der Waals surface area contributed by atoms with Gasteiger partial charge in [-0.1, -0.05) is 42.5 Å². The highest BCUT2D eigenvalue weighted by atomic mass is 16.5. The number of methoxy groups -OCH3 is 1. The van der Waals surface area contributed by atoms with Crippen molar-refractivity contribution in [3.8, 4) is 5.75 Å². The number of carbonyl (C=O) groups is 2. The van der Waals surface area contributed by atoms with Crippen LogP contribution in [-0.4, -0.2) is 43.6 Å². The summed E-state index contributed by atoms with van der Waals surface area (Å²) >= 11 is 0. The summed E-state index contributed by atoms with van der Waals surface area (Å²) in [4.78, 5) is 25.8. The Bertz CT molecular complexity index is 758. The lowest BCUT2D eigenvalue weighted by molar-refractivity contribution is -0.142. The van der Waals surface area contributed by atoms with Gasteiger partial charge in [0, 0.05) is 13.1 Å². The Balaban J connectivity index is 1.98. The van der Waals surface area contributed by atoms with Crippen LogP contribution in [-0.2, 0) is 20.7 Å². The van der Waals surface area contributed by atoms with Crippen molar-refractivity contribution in [2.24, 2.45) is 0 Å². The van der Waals surface area contributed by atoms with Crippen LogP contribution in [0, 0.1) is 13.8 Å². The van der Waals surface area contributed by atoms with Crippen LogP contribution in [0.4, 0.5) is 0 Å². The van der Waals surface area contributed by atoms with Crippen LogP contribution >= 0.6 is 0 Å². The predicted octanol–water partition coefficient (Wildman–Crippen LogP) is 3.32. The molecule has 2 aromatic carbocycles.